The van der Waals surface area contributed by atoms with Crippen LogP contribution in [0.25, 0.3) is 11.5 Å². The van der Waals surface area contributed by atoms with Crippen LogP contribution in [0.15, 0.2) is 52.9 Å². The summed E-state index contributed by atoms with van der Waals surface area (Å²) in [6.45, 7) is 4.25. The average molecular weight is 381 g/mol. The van der Waals surface area contributed by atoms with Gasteiger partial charge in [-0.3, -0.25) is 4.79 Å². The Kier molecular flexibility index (Phi) is 6.32. The largest absolute Gasteiger partial charge is 0.493 e. The first kappa shape index (κ1) is 19.5. The Bertz CT molecular complexity index is 933. The van der Waals surface area contributed by atoms with Crippen LogP contribution in [-0.2, 0) is 22.6 Å². The van der Waals surface area contributed by atoms with Gasteiger partial charge in [0.15, 0.2) is 11.5 Å². The van der Waals surface area contributed by atoms with E-state index in [1.54, 1.807) is 26.2 Å². The maximum Gasteiger partial charge on any atom is 0.310 e. The van der Waals surface area contributed by atoms with Crippen LogP contribution in [0.3, 0.4) is 0 Å². The number of methoxy groups -OCH3 is 1. The topological polar surface area (TPSA) is 70.8 Å². The van der Waals surface area contributed by atoms with Gasteiger partial charge in [0.25, 0.3) is 0 Å². The van der Waals surface area contributed by atoms with Crippen LogP contribution >= 0.6 is 0 Å². The van der Waals surface area contributed by atoms with Gasteiger partial charge < -0.3 is 18.6 Å². The highest BCUT2D eigenvalue weighted by Crippen LogP contribution is 2.30. The Morgan fingerprint density at radius 3 is 2.61 bits per heavy atom. The van der Waals surface area contributed by atoms with Crippen molar-refractivity contribution in [3.05, 3.63) is 65.5 Å². The lowest BCUT2D eigenvalue weighted by Gasteiger charge is -2.11. The Balaban J connectivity index is 1.70. The Morgan fingerprint density at radius 1 is 1.11 bits per heavy atom. The molecule has 0 amide bonds. The van der Waals surface area contributed by atoms with E-state index in [1.807, 2.05) is 43.3 Å². The zero-order valence-corrected chi connectivity index (χ0v) is 16.2. The van der Waals surface area contributed by atoms with Crippen molar-refractivity contribution >= 4 is 5.97 Å². The van der Waals surface area contributed by atoms with Gasteiger partial charge in [-0.2, -0.15) is 0 Å². The molecule has 1 aromatic heterocycles. The molecule has 0 fully saturated rings. The fourth-order valence-corrected chi connectivity index (χ4v) is 2.73. The molecule has 0 aliphatic rings. The lowest BCUT2D eigenvalue weighted by Crippen LogP contribution is -2.07. The monoisotopic (exact) mass is 381 g/mol. The second-order valence-corrected chi connectivity index (χ2v) is 6.14. The number of hydrogen-bond acceptors (Lipinski definition) is 6. The van der Waals surface area contributed by atoms with Crippen LogP contribution < -0.4 is 9.47 Å². The number of esters is 1. The highest BCUT2D eigenvalue weighted by atomic mass is 16.5. The van der Waals surface area contributed by atoms with Crippen molar-refractivity contribution in [3.63, 3.8) is 0 Å². The van der Waals surface area contributed by atoms with Crippen molar-refractivity contribution in [1.82, 2.24) is 4.98 Å². The molecular formula is C22H23NO5. The van der Waals surface area contributed by atoms with Crippen molar-refractivity contribution in [2.75, 3.05) is 13.7 Å². The lowest BCUT2D eigenvalue weighted by atomic mass is 10.1. The van der Waals surface area contributed by atoms with Gasteiger partial charge in [0.1, 0.15) is 18.1 Å². The first-order valence-electron chi connectivity index (χ1n) is 9.07. The first-order chi connectivity index (χ1) is 13.6. The highest BCUT2D eigenvalue weighted by molar-refractivity contribution is 5.73. The molecule has 3 rings (SSSR count). The fraction of sp³-hybridized carbons (Fsp3) is 0.273. The molecule has 0 saturated carbocycles. The molecule has 28 heavy (non-hydrogen) atoms. The predicted octanol–water partition coefficient (Wildman–Crippen LogP) is 4.34. The van der Waals surface area contributed by atoms with E-state index in [9.17, 15) is 4.79 Å². The Hall–Kier alpha value is -3.28. The van der Waals surface area contributed by atoms with Crippen molar-refractivity contribution in [2.45, 2.75) is 26.9 Å². The molecular weight excluding hydrogens is 358 g/mol. The summed E-state index contributed by atoms with van der Waals surface area (Å²) in [5, 5.41) is 0. The van der Waals surface area contributed by atoms with E-state index >= 15 is 0 Å². The van der Waals surface area contributed by atoms with E-state index in [0.29, 0.717) is 29.8 Å². The summed E-state index contributed by atoms with van der Waals surface area (Å²) >= 11 is 0. The molecule has 0 aliphatic carbocycles. The number of benzene rings is 2. The molecule has 0 aliphatic heterocycles. The summed E-state index contributed by atoms with van der Waals surface area (Å²) in [4.78, 5) is 16.2. The van der Waals surface area contributed by atoms with Crippen LogP contribution in [0.4, 0.5) is 0 Å². The molecule has 146 valence electrons. The zero-order chi connectivity index (χ0) is 19.9. The minimum absolute atomic E-state index is 0.188. The highest BCUT2D eigenvalue weighted by Gasteiger charge is 2.14. The Morgan fingerprint density at radius 2 is 1.89 bits per heavy atom. The first-order valence-corrected chi connectivity index (χ1v) is 9.07. The van der Waals surface area contributed by atoms with Crippen LogP contribution in [0.1, 0.15) is 23.9 Å². The molecule has 3 aromatic rings. The minimum Gasteiger partial charge on any atom is -0.493 e. The third-order valence-electron chi connectivity index (χ3n) is 4.16. The number of hydrogen-bond donors (Lipinski definition) is 0. The number of carbonyl (C=O) groups excluding carboxylic acids is 1. The van der Waals surface area contributed by atoms with E-state index in [0.717, 1.165) is 16.8 Å². The number of aryl methyl sites for hydroxylation is 1. The normalized spacial score (nSPS) is 10.5. The van der Waals surface area contributed by atoms with Crippen molar-refractivity contribution in [3.8, 4) is 23.0 Å². The third-order valence-corrected chi connectivity index (χ3v) is 4.16. The maximum absolute atomic E-state index is 11.7. The summed E-state index contributed by atoms with van der Waals surface area (Å²) in [7, 11) is 1.56. The molecule has 6 heteroatoms. The molecule has 0 N–H and O–H groups in total. The molecule has 0 spiro atoms. The fourth-order valence-electron chi connectivity index (χ4n) is 2.73. The van der Waals surface area contributed by atoms with Gasteiger partial charge in [0.2, 0.25) is 5.89 Å². The number of ether oxygens (including phenoxy) is 3. The van der Waals surface area contributed by atoms with Crippen LogP contribution in [-0.4, -0.2) is 24.7 Å². The van der Waals surface area contributed by atoms with Crippen LogP contribution in [0.2, 0.25) is 0 Å². The molecule has 0 atom stereocenters. The van der Waals surface area contributed by atoms with E-state index in [-0.39, 0.29) is 19.0 Å². The molecule has 0 saturated heterocycles. The van der Waals surface area contributed by atoms with Crippen molar-refractivity contribution < 1.29 is 23.4 Å². The van der Waals surface area contributed by atoms with Crippen LogP contribution in [0, 0.1) is 6.92 Å². The van der Waals surface area contributed by atoms with E-state index in [2.05, 4.69) is 4.98 Å². The van der Waals surface area contributed by atoms with Gasteiger partial charge in [-0.1, -0.05) is 24.3 Å². The summed E-state index contributed by atoms with van der Waals surface area (Å²) in [6, 6.07) is 15.1. The molecule has 1 heterocycles. The van der Waals surface area contributed by atoms with E-state index in [1.165, 1.54) is 0 Å². The maximum atomic E-state index is 11.7. The summed E-state index contributed by atoms with van der Waals surface area (Å²) in [6.07, 6.45) is 0.188. The predicted molar refractivity (Wildman–Crippen MR) is 104 cm³/mol. The van der Waals surface area contributed by atoms with Gasteiger partial charge in [-0.05, 0) is 43.7 Å². The SMILES string of the molecule is CCOC(=O)Cc1ccc(OCc2nc(-c3ccccc3)oc2C)c(OC)c1. The van der Waals surface area contributed by atoms with Gasteiger partial charge in [0, 0.05) is 5.56 Å². The third kappa shape index (κ3) is 4.71. The summed E-state index contributed by atoms with van der Waals surface area (Å²) in [5.41, 5.74) is 2.43. The van der Waals surface area contributed by atoms with Gasteiger partial charge in [0.05, 0.1) is 20.1 Å². The summed E-state index contributed by atoms with van der Waals surface area (Å²) in [5.74, 6) is 2.11. The number of rotatable bonds is 8. The quantitative estimate of drug-likeness (QED) is 0.541. The number of nitrogens with zero attached hydrogens (tertiary/aromatic N) is 1. The van der Waals surface area contributed by atoms with E-state index in [4.69, 9.17) is 18.6 Å². The molecule has 2 aromatic carbocycles. The molecule has 6 nitrogen and oxygen atoms in total. The minimum atomic E-state index is -0.273. The number of aromatic nitrogens is 1. The van der Waals surface area contributed by atoms with Gasteiger partial charge >= 0.3 is 5.97 Å². The van der Waals surface area contributed by atoms with Crippen molar-refractivity contribution in [1.29, 1.82) is 0 Å². The second kappa shape index (κ2) is 9.08. The summed E-state index contributed by atoms with van der Waals surface area (Å²) < 4.78 is 22.0. The van der Waals surface area contributed by atoms with Gasteiger partial charge in [-0.15, -0.1) is 0 Å². The number of carbonyl (C=O) groups is 1. The van der Waals surface area contributed by atoms with Gasteiger partial charge in [-0.25, -0.2) is 4.98 Å². The molecule has 0 radical (unpaired) electrons. The van der Waals surface area contributed by atoms with E-state index < -0.39 is 0 Å². The van der Waals surface area contributed by atoms with Crippen molar-refractivity contribution in [2.24, 2.45) is 0 Å². The second-order valence-electron chi connectivity index (χ2n) is 6.14. The lowest BCUT2D eigenvalue weighted by molar-refractivity contribution is -0.142. The smallest absolute Gasteiger partial charge is 0.310 e. The standard InChI is InChI=1S/C22H23NO5/c1-4-26-21(24)13-16-10-11-19(20(12-16)25-3)27-14-18-15(2)28-22(23-18)17-8-6-5-7-9-17/h5-12H,4,13-14H2,1-3H3. The van der Waals surface area contributed by atoms with Crippen LogP contribution in [0.5, 0.6) is 11.5 Å². The molecule has 0 unspecified atom stereocenters. The molecule has 0 bridgehead atoms. The number of oxazole rings is 1. The zero-order valence-electron chi connectivity index (χ0n) is 16.2. The Labute approximate surface area is 164 Å². The average Bonchev–Trinajstić information content (AvgIpc) is 3.08.